The zero-order chi connectivity index (χ0) is 15.6. The highest BCUT2D eigenvalue weighted by Crippen LogP contribution is 2.37. The lowest BCUT2D eigenvalue weighted by molar-refractivity contribution is -0.150. The van der Waals surface area contributed by atoms with Crippen LogP contribution in [0.3, 0.4) is 0 Å². The number of alkyl halides is 4. The molecule has 1 aliphatic rings. The van der Waals surface area contributed by atoms with E-state index in [1.54, 1.807) is 6.07 Å². The van der Waals surface area contributed by atoms with Crippen LogP contribution in [0, 0.1) is 0 Å². The van der Waals surface area contributed by atoms with E-state index in [0.29, 0.717) is 13.0 Å². The molecule has 1 aromatic carbocycles. The minimum absolute atomic E-state index is 0.0291. The molecule has 0 aromatic heterocycles. The van der Waals surface area contributed by atoms with E-state index < -0.39 is 18.4 Å². The van der Waals surface area contributed by atoms with Crippen molar-refractivity contribution in [1.82, 2.24) is 10.6 Å². The topological polar surface area (TPSA) is 41.1 Å². The Kier molecular flexibility index (Phi) is 4.51. The number of carbonyl (C=O) groups excluding carboxylic acids is 1. The number of benzene rings is 1. The Bertz CT molecular complexity index is 534. The molecule has 0 fully saturated rings. The fourth-order valence-corrected chi connectivity index (χ4v) is 2.49. The van der Waals surface area contributed by atoms with Gasteiger partial charge < -0.3 is 10.6 Å². The molecular formula is C14H16F4N2O. The highest BCUT2D eigenvalue weighted by atomic mass is 19.3. The van der Waals surface area contributed by atoms with Gasteiger partial charge in [0.1, 0.15) is 6.04 Å². The second-order valence-electron chi connectivity index (χ2n) is 4.97. The Balaban J connectivity index is 2.42. The van der Waals surface area contributed by atoms with Crippen molar-refractivity contribution in [1.29, 1.82) is 0 Å². The van der Waals surface area contributed by atoms with Crippen molar-refractivity contribution in [3.63, 3.8) is 0 Å². The van der Waals surface area contributed by atoms with E-state index in [4.69, 9.17) is 0 Å². The van der Waals surface area contributed by atoms with Crippen molar-refractivity contribution in [3.8, 4) is 0 Å². The summed E-state index contributed by atoms with van der Waals surface area (Å²) in [6, 6.07) is 2.35. The maximum atomic E-state index is 13.6. The molecule has 0 radical (unpaired) electrons. The van der Waals surface area contributed by atoms with E-state index in [9.17, 15) is 22.4 Å². The third kappa shape index (κ3) is 3.02. The van der Waals surface area contributed by atoms with E-state index in [1.165, 1.54) is 19.2 Å². The Morgan fingerprint density at radius 1 is 1.33 bits per heavy atom. The zero-order valence-corrected chi connectivity index (χ0v) is 11.4. The molecule has 0 aliphatic carbocycles. The maximum Gasteiger partial charge on any atom is 0.326 e. The largest absolute Gasteiger partial charge is 0.352 e. The second-order valence-corrected chi connectivity index (χ2v) is 4.97. The van der Waals surface area contributed by atoms with Gasteiger partial charge in [-0.2, -0.15) is 8.78 Å². The van der Waals surface area contributed by atoms with Crippen molar-refractivity contribution < 1.29 is 22.4 Å². The highest BCUT2D eigenvalue weighted by Gasteiger charge is 2.49. The molecule has 7 heteroatoms. The Labute approximate surface area is 119 Å². The van der Waals surface area contributed by atoms with E-state index in [2.05, 4.69) is 10.6 Å². The van der Waals surface area contributed by atoms with Crippen molar-refractivity contribution in [2.24, 2.45) is 0 Å². The molecule has 1 aromatic rings. The summed E-state index contributed by atoms with van der Waals surface area (Å²) in [5, 5.41) is 4.87. The summed E-state index contributed by atoms with van der Waals surface area (Å²) >= 11 is 0. The summed E-state index contributed by atoms with van der Waals surface area (Å²) in [6.07, 6.45) is -2.40. The van der Waals surface area contributed by atoms with Gasteiger partial charge in [-0.1, -0.05) is 12.1 Å². The molecule has 2 rings (SSSR count). The molecule has 116 valence electrons. The first-order chi connectivity index (χ1) is 9.87. The summed E-state index contributed by atoms with van der Waals surface area (Å²) in [5.74, 6) is -4.58. The van der Waals surface area contributed by atoms with Crippen LogP contribution in [0.2, 0.25) is 0 Å². The van der Waals surface area contributed by atoms with Gasteiger partial charge in [-0.05, 0) is 37.1 Å². The minimum Gasteiger partial charge on any atom is -0.352 e. The molecule has 1 atom stereocenters. The van der Waals surface area contributed by atoms with Crippen LogP contribution in [0.1, 0.15) is 33.9 Å². The summed E-state index contributed by atoms with van der Waals surface area (Å²) < 4.78 is 52.3. The number of rotatable bonds is 4. The smallest absolute Gasteiger partial charge is 0.326 e. The van der Waals surface area contributed by atoms with E-state index >= 15 is 0 Å². The molecule has 21 heavy (non-hydrogen) atoms. The molecule has 1 heterocycles. The first-order valence-electron chi connectivity index (χ1n) is 6.62. The first kappa shape index (κ1) is 15.8. The average Bonchev–Trinajstić information content (AvgIpc) is 2.61. The molecule has 2 N–H and O–H groups in total. The normalized spacial score (nSPS) is 17.1. The number of aryl methyl sites for hydroxylation is 1. The molecule has 1 unspecified atom stereocenters. The highest BCUT2D eigenvalue weighted by molar-refractivity contribution is 5.96. The molecule has 3 nitrogen and oxygen atoms in total. The lowest BCUT2D eigenvalue weighted by atomic mass is 9.94. The van der Waals surface area contributed by atoms with Gasteiger partial charge in [-0.15, -0.1) is 0 Å². The van der Waals surface area contributed by atoms with Crippen molar-refractivity contribution in [2.45, 2.75) is 31.2 Å². The van der Waals surface area contributed by atoms with E-state index in [0.717, 1.165) is 12.0 Å². The van der Waals surface area contributed by atoms with Crippen LogP contribution in [0.15, 0.2) is 18.2 Å². The number of hydrogen-bond donors (Lipinski definition) is 2. The van der Waals surface area contributed by atoms with Gasteiger partial charge in [-0.25, -0.2) is 8.78 Å². The molecule has 1 aliphatic heterocycles. The van der Waals surface area contributed by atoms with Crippen LogP contribution >= 0.6 is 0 Å². The van der Waals surface area contributed by atoms with Crippen LogP contribution in [0.25, 0.3) is 0 Å². The first-order valence-corrected chi connectivity index (χ1v) is 6.62. The summed E-state index contributed by atoms with van der Waals surface area (Å²) in [4.78, 5) is 11.9. The van der Waals surface area contributed by atoms with Gasteiger partial charge >= 0.3 is 12.3 Å². The number of nitrogens with one attached hydrogen (secondary N) is 2. The van der Waals surface area contributed by atoms with Crippen molar-refractivity contribution in [2.75, 3.05) is 13.6 Å². The van der Waals surface area contributed by atoms with Gasteiger partial charge in [-0.3, -0.25) is 4.79 Å². The van der Waals surface area contributed by atoms with Crippen LogP contribution in [-0.2, 0) is 6.42 Å². The molecule has 0 spiro atoms. The number of amides is 1. The lowest BCUT2D eigenvalue weighted by Crippen LogP contribution is -2.41. The fraction of sp³-hybridized carbons (Fsp3) is 0.500. The van der Waals surface area contributed by atoms with Crippen molar-refractivity contribution >= 4 is 5.91 Å². The second kappa shape index (κ2) is 6.01. The number of carbonyl (C=O) groups is 1. The van der Waals surface area contributed by atoms with Gasteiger partial charge in [0, 0.05) is 12.1 Å². The van der Waals surface area contributed by atoms with Gasteiger partial charge in [0.2, 0.25) is 0 Å². The SMILES string of the molecule is CNC(c1ccc2c(c1)C(=O)NCCC2)C(F)(F)C(F)F. The Hall–Kier alpha value is -1.63. The average molecular weight is 304 g/mol. The Morgan fingerprint density at radius 3 is 2.67 bits per heavy atom. The summed E-state index contributed by atoms with van der Waals surface area (Å²) in [7, 11) is 1.19. The van der Waals surface area contributed by atoms with Gasteiger partial charge in [0.15, 0.2) is 0 Å². The van der Waals surface area contributed by atoms with Gasteiger partial charge in [0.25, 0.3) is 5.91 Å². The van der Waals surface area contributed by atoms with Gasteiger partial charge in [0.05, 0.1) is 0 Å². The van der Waals surface area contributed by atoms with Crippen LogP contribution in [-0.4, -0.2) is 31.8 Å². The molecule has 0 saturated carbocycles. The van der Waals surface area contributed by atoms with E-state index in [1.807, 2.05) is 0 Å². The number of halogens is 4. The third-order valence-corrected chi connectivity index (χ3v) is 3.58. The Morgan fingerprint density at radius 2 is 2.05 bits per heavy atom. The van der Waals surface area contributed by atoms with Crippen molar-refractivity contribution in [3.05, 3.63) is 34.9 Å². The molecule has 0 bridgehead atoms. The fourth-order valence-electron chi connectivity index (χ4n) is 2.49. The van der Waals surface area contributed by atoms with Crippen LogP contribution in [0.4, 0.5) is 17.6 Å². The monoisotopic (exact) mass is 304 g/mol. The summed E-state index contributed by atoms with van der Waals surface area (Å²) in [6.45, 7) is 0.505. The lowest BCUT2D eigenvalue weighted by Gasteiger charge is -2.26. The number of fused-ring (bicyclic) bond motifs is 1. The molecule has 0 saturated heterocycles. The standard InChI is InChI=1S/C14H16F4N2O/c1-19-11(14(17,18)13(15)16)9-5-4-8-3-2-6-20-12(21)10(8)7-9/h4-5,7,11,13,19H,2-3,6H2,1H3,(H,20,21). The molecule has 1 amide bonds. The van der Waals surface area contributed by atoms with Crippen LogP contribution in [0.5, 0.6) is 0 Å². The van der Waals surface area contributed by atoms with Crippen LogP contribution < -0.4 is 10.6 Å². The number of hydrogen-bond acceptors (Lipinski definition) is 2. The molecular weight excluding hydrogens is 288 g/mol. The maximum absolute atomic E-state index is 13.6. The predicted molar refractivity (Wildman–Crippen MR) is 69.8 cm³/mol. The zero-order valence-electron chi connectivity index (χ0n) is 11.4. The minimum atomic E-state index is -4.22. The summed E-state index contributed by atoms with van der Waals surface area (Å²) in [5.41, 5.74) is 0.984. The quantitative estimate of drug-likeness (QED) is 0.839. The predicted octanol–water partition coefficient (Wildman–Crippen LogP) is 2.52. The third-order valence-electron chi connectivity index (χ3n) is 3.58. The van der Waals surface area contributed by atoms with E-state index in [-0.39, 0.29) is 17.0 Å².